The summed E-state index contributed by atoms with van der Waals surface area (Å²) >= 11 is 0. The summed E-state index contributed by atoms with van der Waals surface area (Å²) < 4.78 is 0. The van der Waals surface area contributed by atoms with Crippen molar-refractivity contribution in [1.82, 2.24) is 0 Å². The van der Waals surface area contributed by atoms with Crippen LogP contribution in [0, 0.1) is 17.0 Å². The number of rotatable bonds is 3. The Kier molecular flexibility index (Phi) is 2.59. The number of carbonyl (C=O) groups is 1. The molecule has 1 aliphatic rings. The lowest BCUT2D eigenvalue weighted by atomic mass is 10.1. The number of hydrogen-bond acceptors (Lipinski definition) is 4. The summed E-state index contributed by atoms with van der Waals surface area (Å²) in [6, 6.07) is 4.57. The number of amides is 1. The number of nitrogens with one attached hydrogen (secondary N) is 1. The van der Waals surface area contributed by atoms with Crippen LogP contribution < -0.4 is 11.1 Å². The first kappa shape index (κ1) is 11.5. The fourth-order valence-corrected chi connectivity index (χ4v) is 1.57. The van der Waals surface area contributed by atoms with Gasteiger partial charge in [0.1, 0.15) is 0 Å². The minimum Gasteiger partial charge on any atom is -0.324 e. The summed E-state index contributed by atoms with van der Waals surface area (Å²) in [5.41, 5.74) is 5.83. The predicted octanol–water partition coefficient (Wildman–Crippen LogP) is 1.33. The Balaban J connectivity index is 2.24. The van der Waals surface area contributed by atoms with Crippen LogP contribution in [-0.2, 0) is 4.79 Å². The highest BCUT2D eigenvalue weighted by Crippen LogP contribution is 2.34. The molecule has 0 bridgehead atoms. The SMILES string of the molecule is Cc1c(NC(=O)C2(N)CC2)cccc1[N+](=O)[O-]. The van der Waals surface area contributed by atoms with Gasteiger partial charge in [-0.15, -0.1) is 0 Å². The second-order valence-electron chi connectivity index (χ2n) is 4.32. The van der Waals surface area contributed by atoms with Crippen LogP contribution in [0.5, 0.6) is 0 Å². The Morgan fingerprint density at radius 2 is 2.18 bits per heavy atom. The van der Waals surface area contributed by atoms with Gasteiger partial charge in [-0.2, -0.15) is 0 Å². The van der Waals surface area contributed by atoms with Crippen molar-refractivity contribution < 1.29 is 9.72 Å². The lowest BCUT2D eigenvalue weighted by Gasteiger charge is -2.11. The van der Waals surface area contributed by atoms with Crippen LogP contribution in [0.3, 0.4) is 0 Å². The molecule has 1 aliphatic carbocycles. The van der Waals surface area contributed by atoms with Gasteiger partial charge in [0.15, 0.2) is 0 Å². The Labute approximate surface area is 98.0 Å². The molecule has 6 heteroatoms. The van der Waals surface area contributed by atoms with Gasteiger partial charge >= 0.3 is 0 Å². The molecule has 1 aromatic carbocycles. The predicted molar refractivity (Wildman–Crippen MR) is 62.6 cm³/mol. The van der Waals surface area contributed by atoms with E-state index in [1.165, 1.54) is 12.1 Å². The number of nitrogens with two attached hydrogens (primary N) is 1. The van der Waals surface area contributed by atoms with Crippen LogP contribution in [0.2, 0.25) is 0 Å². The van der Waals surface area contributed by atoms with Crippen molar-refractivity contribution in [1.29, 1.82) is 0 Å². The van der Waals surface area contributed by atoms with Crippen LogP contribution in [0.4, 0.5) is 11.4 Å². The molecule has 0 spiro atoms. The maximum Gasteiger partial charge on any atom is 0.274 e. The number of nitrogens with zero attached hydrogens (tertiary/aromatic N) is 1. The first-order chi connectivity index (χ1) is 7.94. The average Bonchev–Trinajstić information content (AvgIpc) is 3.00. The monoisotopic (exact) mass is 235 g/mol. The Bertz CT molecular complexity index is 495. The van der Waals surface area contributed by atoms with E-state index >= 15 is 0 Å². The number of hydrogen-bond donors (Lipinski definition) is 2. The highest BCUT2D eigenvalue weighted by molar-refractivity contribution is 6.00. The van der Waals surface area contributed by atoms with Crippen LogP contribution >= 0.6 is 0 Å². The fourth-order valence-electron chi connectivity index (χ4n) is 1.57. The van der Waals surface area contributed by atoms with E-state index < -0.39 is 10.5 Å². The van der Waals surface area contributed by atoms with Crippen LogP contribution in [0.25, 0.3) is 0 Å². The van der Waals surface area contributed by atoms with Crippen molar-refractivity contribution in [3.05, 3.63) is 33.9 Å². The molecule has 1 fully saturated rings. The highest BCUT2D eigenvalue weighted by Gasteiger charge is 2.46. The van der Waals surface area contributed by atoms with Gasteiger partial charge < -0.3 is 11.1 Å². The molecule has 90 valence electrons. The molecular formula is C11H13N3O3. The van der Waals surface area contributed by atoms with Crippen LogP contribution in [-0.4, -0.2) is 16.4 Å². The smallest absolute Gasteiger partial charge is 0.274 e. The maximum absolute atomic E-state index is 11.7. The summed E-state index contributed by atoms with van der Waals surface area (Å²) in [6.07, 6.45) is 1.32. The minimum absolute atomic E-state index is 0.00957. The highest BCUT2D eigenvalue weighted by atomic mass is 16.6. The van der Waals surface area contributed by atoms with Crippen molar-refractivity contribution in [2.75, 3.05) is 5.32 Å². The molecule has 0 atom stereocenters. The van der Waals surface area contributed by atoms with Crippen molar-refractivity contribution in [2.45, 2.75) is 25.3 Å². The first-order valence-corrected chi connectivity index (χ1v) is 5.28. The molecule has 17 heavy (non-hydrogen) atoms. The third-order valence-corrected chi connectivity index (χ3v) is 2.99. The normalized spacial score (nSPS) is 16.4. The zero-order chi connectivity index (χ0) is 12.6. The summed E-state index contributed by atoms with van der Waals surface area (Å²) in [5, 5.41) is 13.4. The fraction of sp³-hybridized carbons (Fsp3) is 0.364. The van der Waals surface area contributed by atoms with Gasteiger partial charge in [-0.25, -0.2) is 0 Å². The molecular weight excluding hydrogens is 222 g/mol. The molecule has 1 saturated carbocycles. The molecule has 0 heterocycles. The second-order valence-corrected chi connectivity index (χ2v) is 4.32. The number of nitro groups is 1. The zero-order valence-electron chi connectivity index (χ0n) is 9.40. The lowest BCUT2D eigenvalue weighted by Crippen LogP contribution is -2.38. The quantitative estimate of drug-likeness (QED) is 0.610. The summed E-state index contributed by atoms with van der Waals surface area (Å²) in [6.45, 7) is 1.60. The number of nitro benzene ring substituents is 1. The zero-order valence-corrected chi connectivity index (χ0v) is 9.40. The van der Waals surface area contributed by atoms with Crippen molar-refractivity contribution in [3.8, 4) is 0 Å². The van der Waals surface area contributed by atoms with Crippen molar-refractivity contribution >= 4 is 17.3 Å². The molecule has 1 amide bonds. The van der Waals surface area contributed by atoms with Crippen LogP contribution in [0.15, 0.2) is 18.2 Å². The molecule has 2 rings (SSSR count). The van der Waals surface area contributed by atoms with Gasteiger partial charge in [0.05, 0.1) is 21.7 Å². The van der Waals surface area contributed by atoms with E-state index in [1.807, 2.05) is 0 Å². The molecule has 0 saturated heterocycles. The standard InChI is InChI=1S/C11H13N3O3/c1-7-8(3-2-4-9(7)14(16)17)13-10(15)11(12)5-6-11/h2-4H,5-6,12H2,1H3,(H,13,15). The third kappa shape index (κ3) is 2.12. The van der Waals surface area contributed by atoms with Crippen LogP contribution in [0.1, 0.15) is 18.4 Å². The van der Waals surface area contributed by atoms with Gasteiger partial charge in [0, 0.05) is 6.07 Å². The number of anilines is 1. The Morgan fingerprint density at radius 3 is 2.71 bits per heavy atom. The van der Waals surface area contributed by atoms with E-state index in [-0.39, 0.29) is 11.6 Å². The number of carbonyl (C=O) groups excluding carboxylic acids is 1. The number of benzene rings is 1. The first-order valence-electron chi connectivity index (χ1n) is 5.28. The van der Waals surface area contributed by atoms with Gasteiger partial charge in [0.25, 0.3) is 5.69 Å². The third-order valence-electron chi connectivity index (χ3n) is 2.99. The summed E-state index contributed by atoms with van der Waals surface area (Å²) in [4.78, 5) is 22.0. The van der Waals surface area contributed by atoms with E-state index in [2.05, 4.69) is 5.32 Å². The van der Waals surface area contributed by atoms with Gasteiger partial charge in [0.2, 0.25) is 5.91 Å². The Morgan fingerprint density at radius 1 is 1.53 bits per heavy atom. The topological polar surface area (TPSA) is 98.3 Å². The average molecular weight is 235 g/mol. The van der Waals surface area contributed by atoms with Gasteiger partial charge in [-0.1, -0.05) is 6.07 Å². The molecule has 1 aromatic rings. The van der Waals surface area contributed by atoms with Gasteiger partial charge in [-0.05, 0) is 25.8 Å². The molecule has 0 unspecified atom stereocenters. The Hall–Kier alpha value is -1.95. The largest absolute Gasteiger partial charge is 0.324 e. The molecule has 0 aliphatic heterocycles. The molecule has 3 N–H and O–H groups in total. The maximum atomic E-state index is 11.7. The van der Waals surface area contributed by atoms with E-state index in [0.29, 0.717) is 24.1 Å². The molecule has 0 radical (unpaired) electrons. The lowest BCUT2D eigenvalue weighted by molar-refractivity contribution is -0.385. The molecule has 0 aromatic heterocycles. The minimum atomic E-state index is -0.781. The van der Waals surface area contributed by atoms with E-state index in [9.17, 15) is 14.9 Å². The van der Waals surface area contributed by atoms with E-state index in [1.54, 1.807) is 13.0 Å². The second kappa shape index (κ2) is 3.81. The van der Waals surface area contributed by atoms with Crippen molar-refractivity contribution in [3.63, 3.8) is 0 Å². The van der Waals surface area contributed by atoms with Crippen molar-refractivity contribution in [2.24, 2.45) is 5.73 Å². The van der Waals surface area contributed by atoms with Gasteiger partial charge in [-0.3, -0.25) is 14.9 Å². The van der Waals surface area contributed by atoms with E-state index in [4.69, 9.17) is 5.73 Å². The molecule has 6 nitrogen and oxygen atoms in total. The van der Waals surface area contributed by atoms with E-state index in [0.717, 1.165) is 0 Å². The summed E-state index contributed by atoms with van der Waals surface area (Å²) in [7, 11) is 0. The summed E-state index contributed by atoms with van der Waals surface area (Å²) in [5.74, 6) is -0.277.